The van der Waals surface area contributed by atoms with Gasteiger partial charge in [0, 0.05) is 22.3 Å². The Morgan fingerprint density at radius 2 is 1.48 bits per heavy atom. The van der Waals surface area contributed by atoms with Crippen LogP contribution in [0.1, 0.15) is 74.8 Å². The van der Waals surface area contributed by atoms with Crippen molar-refractivity contribution in [2.24, 2.45) is 0 Å². The maximum absolute atomic E-state index is 12.7. The van der Waals surface area contributed by atoms with E-state index in [1.807, 2.05) is 0 Å². The molecule has 0 saturated heterocycles. The van der Waals surface area contributed by atoms with Crippen LogP contribution in [0.3, 0.4) is 0 Å². The van der Waals surface area contributed by atoms with Crippen LogP contribution in [0.2, 0.25) is 0 Å². The van der Waals surface area contributed by atoms with E-state index in [1.54, 1.807) is 36.4 Å². The van der Waals surface area contributed by atoms with Crippen LogP contribution in [0.15, 0.2) is 42.5 Å². The quantitative estimate of drug-likeness (QED) is 0.500. The number of esters is 1. The lowest BCUT2D eigenvalue weighted by Gasteiger charge is -2.17. The standard InChI is InChI=1S/C21H20O4/c1-2-3-4-7-12-25-21(24)14-10-11-17-18(13-14)20(23)16-9-6-5-8-15(16)19(17)22/h5-6,8-11,13H,2-4,7,12H2,1H3. The lowest BCUT2D eigenvalue weighted by atomic mass is 9.83. The molecular weight excluding hydrogens is 316 g/mol. The fourth-order valence-corrected chi connectivity index (χ4v) is 3.00. The van der Waals surface area contributed by atoms with Gasteiger partial charge in [-0.05, 0) is 24.6 Å². The van der Waals surface area contributed by atoms with Crippen LogP contribution in [0.4, 0.5) is 0 Å². The van der Waals surface area contributed by atoms with Gasteiger partial charge in [-0.25, -0.2) is 4.79 Å². The molecule has 4 nitrogen and oxygen atoms in total. The minimum absolute atomic E-state index is 0.190. The Morgan fingerprint density at radius 1 is 0.840 bits per heavy atom. The number of benzene rings is 2. The van der Waals surface area contributed by atoms with Crippen LogP contribution in [-0.2, 0) is 4.74 Å². The molecule has 4 heteroatoms. The third-order valence-electron chi connectivity index (χ3n) is 4.39. The molecule has 2 aromatic carbocycles. The molecule has 0 fully saturated rings. The molecule has 0 atom stereocenters. The minimum Gasteiger partial charge on any atom is -0.462 e. The number of unbranched alkanes of at least 4 members (excludes halogenated alkanes) is 3. The molecule has 0 aliphatic heterocycles. The van der Waals surface area contributed by atoms with Crippen LogP contribution in [0.5, 0.6) is 0 Å². The van der Waals surface area contributed by atoms with E-state index in [0.717, 1.165) is 25.7 Å². The second kappa shape index (κ2) is 7.43. The topological polar surface area (TPSA) is 60.4 Å². The van der Waals surface area contributed by atoms with E-state index in [1.165, 1.54) is 6.07 Å². The van der Waals surface area contributed by atoms with Crippen LogP contribution in [0.25, 0.3) is 0 Å². The highest BCUT2D eigenvalue weighted by molar-refractivity contribution is 6.28. The first kappa shape index (κ1) is 17.1. The second-order valence-electron chi connectivity index (χ2n) is 6.16. The van der Waals surface area contributed by atoms with Crippen molar-refractivity contribution in [1.82, 2.24) is 0 Å². The lowest BCUT2D eigenvalue weighted by molar-refractivity contribution is 0.0497. The van der Waals surface area contributed by atoms with Gasteiger partial charge in [0.25, 0.3) is 0 Å². The number of hydrogen-bond donors (Lipinski definition) is 0. The Bertz CT molecular complexity index is 836. The maximum atomic E-state index is 12.7. The van der Waals surface area contributed by atoms with Gasteiger partial charge in [-0.3, -0.25) is 9.59 Å². The van der Waals surface area contributed by atoms with E-state index in [0.29, 0.717) is 28.9 Å². The van der Waals surface area contributed by atoms with Crippen molar-refractivity contribution in [1.29, 1.82) is 0 Å². The first-order chi connectivity index (χ1) is 12.1. The highest BCUT2D eigenvalue weighted by atomic mass is 16.5. The Morgan fingerprint density at radius 3 is 2.16 bits per heavy atom. The largest absolute Gasteiger partial charge is 0.462 e. The summed E-state index contributed by atoms with van der Waals surface area (Å²) in [5.74, 6) is -0.883. The summed E-state index contributed by atoms with van der Waals surface area (Å²) in [6.45, 7) is 2.49. The zero-order valence-electron chi connectivity index (χ0n) is 14.2. The van der Waals surface area contributed by atoms with E-state index in [9.17, 15) is 14.4 Å². The van der Waals surface area contributed by atoms with Gasteiger partial charge in [0.05, 0.1) is 12.2 Å². The number of rotatable bonds is 6. The van der Waals surface area contributed by atoms with Crippen LogP contribution in [0, 0.1) is 0 Å². The molecule has 25 heavy (non-hydrogen) atoms. The molecule has 0 saturated carbocycles. The van der Waals surface area contributed by atoms with Crippen LogP contribution >= 0.6 is 0 Å². The molecule has 2 aromatic rings. The SMILES string of the molecule is CCCCCCOC(=O)c1ccc2c(c1)C(=O)c1ccccc1C2=O. The molecule has 0 radical (unpaired) electrons. The number of carbonyl (C=O) groups excluding carboxylic acids is 3. The van der Waals surface area contributed by atoms with E-state index < -0.39 is 5.97 Å². The number of hydrogen-bond acceptors (Lipinski definition) is 4. The molecule has 1 aliphatic carbocycles. The van der Waals surface area contributed by atoms with Crippen molar-refractivity contribution < 1.29 is 19.1 Å². The summed E-state index contributed by atoms with van der Waals surface area (Å²) >= 11 is 0. The Kier molecular flexibility index (Phi) is 5.08. The normalized spacial score (nSPS) is 12.5. The third-order valence-corrected chi connectivity index (χ3v) is 4.39. The van der Waals surface area contributed by atoms with Crippen LogP contribution < -0.4 is 0 Å². The first-order valence-corrected chi connectivity index (χ1v) is 8.63. The zero-order valence-corrected chi connectivity index (χ0v) is 14.2. The predicted molar refractivity (Wildman–Crippen MR) is 94.2 cm³/mol. The van der Waals surface area contributed by atoms with Crippen molar-refractivity contribution >= 4 is 17.5 Å². The van der Waals surface area contributed by atoms with Crippen LogP contribution in [-0.4, -0.2) is 24.1 Å². The average molecular weight is 336 g/mol. The molecule has 0 aromatic heterocycles. The molecule has 0 heterocycles. The van der Waals surface area contributed by atoms with Gasteiger partial charge in [-0.2, -0.15) is 0 Å². The van der Waals surface area contributed by atoms with Gasteiger partial charge >= 0.3 is 5.97 Å². The summed E-state index contributed by atoms with van der Waals surface area (Å²) in [5, 5.41) is 0. The summed E-state index contributed by atoms with van der Waals surface area (Å²) in [4.78, 5) is 37.4. The van der Waals surface area contributed by atoms with Crippen molar-refractivity contribution in [3.63, 3.8) is 0 Å². The Labute approximate surface area is 146 Å². The van der Waals surface area contributed by atoms with Gasteiger partial charge in [0.15, 0.2) is 11.6 Å². The molecule has 0 bridgehead atoms. The fraction of sp³-hybridized carbons (Fsp3) is 0.286. The Balaban J connectivity index is 1.79. The third kappa shape index (κ3) is 3.38. The highest BCUT2D eigenvalue weighted by Crippen LogP contribution is 2.28. The van der Waals surface area contributed by atoms with Crippen molar-refractivity contribution in [2.45, 2.75) is 32.6 Å². The molecule has 128 valence electrons. The maximum Gasteiger partial charge on any atom is 0.338 e. The molecule has 1 aliphatic rings. The summed E-state index contributed by atoms with van der Waals surface area (Å²) in [5.41, 5.74) is 1.69. The van der Waals surface area contributed by atoms with Crippen molar-refractivity contribution in [3.8, 4) is 0 Å². The first-order valence-electron chi connectivity index (χ1n) is 8.63. The average Bonchev–Trinajstić information content (AvgIpc) is 2.65. The van der Waals surface area contributed by atoms with Gasteiger partial charge in [0.2, 0.25) is 0 Å². The minimum atomic E-state index is -0.460. The van der Waals surface area contributed by atoms with E-state index in [2.05, 4.69) is 6.92 Å². The summed E-state index contributed by atoms with van der Waals surface area (Å²) in [6, 6.07) is 11.3. The fourth-order valence-electron chi connectivity index (χ4n) is 3.00. The Hall–Kier alpha value is -2.75. The zero-order chi connectivity index (χ0) is 17.8. The van der Waals surface area contributed by atoms with Crippen molar-refractivity contribution in [2.75, 3.05) is 6.61 Å². The van der Waals surface area contributed by atoms with E-state index in [4.69, 9.17) is 4.74 Å². The monoisotopic (exact) mass is 336 g/mol. The van der Waals surface area contributed by atoms with Gasteiger partial charge in [0.1, 0.15) is 0 Å². The molecule has 0 unspecified atom stereocenters. The number of carbonyl (C=O) groups is 3. The van der Waals surface area contributed by atoms with Gasteiger partial charge in [-0.15, -0.1) is 0 Å². The lowest BCUT2D eigenvalue weighted by Crippen LogP contribution is -2.21. The second-order valence-corrected chi connectivity index (χ2v) is 6.16. The number of ketones is 2. The summed E-state index contributed by atoms with van der Waals surface area (Å²) in [7, 11) is 0. The van der Waals surface area contributed by atoms with E-state index in [-0.39, 0.29) is 17.1 Å². The van der Waals surface area contributed by atoms with Gasteiger partial charge in [-0.1, -0.05) is 50.5 Å². The molecular formula is C21H20O4. The predicted octanol–water partition coefficient (Wildman–Crippen LogP) is 4.20. The molecule has 0 spiro atoms. The smallest absolute Gasteiger partial charge is 0.338 e. The summed E-state index contributed by atoms with van der Waals surface area (Å²) < 4.78 is 5.26. The highest BCUT2D eigenvalue weighted by Gasteiger charge is 2.30. The van der Waals surface area contributed by atoms with Gasteiger partial charge < -0.3 is 4.74 Å². The number of fused-ring (bicyclic) bond motifs is 2. The molecule has 0 amide bonds. The summed E-state index contributed by atoms with van der Waals surface area (Å²) in [6.07, 6.45) is 4.09. The van der Waals surface area contributed by atoms with E-state index >= 15 is 0 Å². The molecule has 3 rings (SSSR count). The molecule has 0 N–H and O–H groups in total. The van der Waals surface area contributed by atoms with Crippen molar-refractivity contribution in [3.05, 3.63) is 70.3 Å². The number of ether oxygens (including phenoxy) is 1.